The highest BCUT2D eigenvalue weighted by Crippen LogP contribution is 2.24. The fraction of sp³-hybridized carbons (Fsp3) is 0.308. The van der Waals surface area contributed by atoms with Crippen molar-refractivity contribution in [1.82, 2.24) is 10.2 Å². The van der Waals surface area contributed by atoms with Crippen molar-refractivity contribution in [3.8, 4) is 11.5 Å². The summed E-state index contributed by atoms with van der Waals surface area (Å²) in [5.41, 5.74) is 0.600. The zero-order valence-corrected chi connectivity index (χ0v) is 12.2. The van der Waals surface area contributed by atoms with E-state index in [4.69, 9.17) is 9.52 Å². The first-order valence-corrected chi connectivity index (χ1v) is 6.74. The van der Waals surface area contributed by atoms with Crippen molar-refractivity contribution >= 4 is 21.9 Å². The van der Waals surface area contributed by atoms with Crippen molar-refractivity contribution in [2.24, 2.45) is 5.92 Å². The van der Waals surface area contributed by atoms with Crippen LogP contribution in [0.1, 0.15) is 19.2 Å². The van der Waals surface area contributed by atoms with Gasteiger partial charge in [-0.15, -0.1) is 10.2 Å². The lowest BCUT2D eigenvalue weighted by Crippen LogP contribution is -2.07. The summed E-state index contributed by atoms with van der Waals surface area (Å²) < 4.78 is 18.9. The third-order valence-electron chi connectivity index (χ3n) is 2.68. The maximum Gasteiger partial charge on any atom is 0.303 e. The van der Waals surface area contributed by atoms with Gasteiger partial charge < -0.3 is 9.52 Å². The third-order valence-corrected chi connectivity index (χ3v) is 3.29. The number of halogens is 2. The average molecular weight is 343 g/mol. The number of carboxylic acid groups (broad SMARTS) is 1. The molecule has 1 unspecified atom stereocenters. The monoisotopic (exact) mass is 342 g/mol. The number of carboxylic acids is 1. The zero-order chi connectivity index (χ0) is 14.7. The smallest absolute Gasteiger partial charge is 0.303 e. The number of rotatable bonds is 5. The first-order valence-electron chi connectivity index (χ1n) is 5.95. The van der Waals surface area contributed by atoms with Crippen molar-refractivity contribution in [2.45, 2.75) is 19.8 Å². The van der Waals surface area contributed by atoms with Crippen LogP contribution in [0.15, 0.2) is 27.1 Å². The Morgan fingerprint density at radius 1 is 1.50 bits per heavy atom. The summed E-state index contributed by atoms with van der Waals surface area (Å²) in [7, 11) is 0. The molecule has 20 heavy (non-hydrogen) atoms. The van der Waals surface area contributed by atoms with Gasteiger partial charge in [-0.25, -0.2) is 4.39 Å². The van der Waals surface area contributed by atoms with Gasteiger partial charge in [0.1, 0.15) is 5.82 Å². The highest BCUT2D eigenvalue weighted by molar-refractivity contribution is 9.10. The van der Waals surface area contributed by atoms with Gasteiger partial charge in [-0.1, -0.05) is 6.92 Å². The van der Waals surface area contributed by atoms with Crippen LogP contribution in [0.3, 0.4) is 0 Å². The zero-order valence-electron chi connectivity index (χ0n) is 10.6. The second-order valence-electron chi connectivity index (χ2n) is 4.54. The van der Waals surface area contributed by atoms with E-state index in [2.05, 4.69) is 26.1 Å². The van der Waals surface area contributed by atoms with Gasteiger partial charge in [0.15, 0.2) is 0 Å². The molecule has 0 saturated carbocycles. The highest BCUT2D eigenvalue weighted by atomic mass is 79.9. The number of hydrogen-bond acceptors (Lipinski definition) is 4. The molecule has 7 heteroatoms. The van der Waals surface area contributed by atoms with Crippen LogP contribution in [0.4, 0.5) is 4.39 Å². The van der Waals surface area contributed by atoms with Gasteiger partial charge in [0.05, 0.1) is 4.47 Å². The molecule has 2 rings (SSSR count). The molecule has 0 spiro atoms. The molecule has 1 N–H and O–H groups in total. The van der Waals surface area contributed by atoms with Gasteiger partial charge in [0, 0.05) is 18.4 Å². The molecule has 1 heterocycles. The number of aliphatic carboxylic acids is 1. The van der Waals surface area contributed by atoms with Gasteiger partial charge in [-0.05, 0) is 40.0 Å². The van der Waals surface area contributed by atoms with Crippen molar-refractivity contribution < 1.29 is 18.7 Å². The minimum Gasteiger partial charge on any atom is -0.481 e. The minimum absolute atomic E-state index is 0.0415. The van der Waals surface area contributed by atoms with Gasteiger partial charge in [0.2, 0.25) is 11.8 Å². The highest BCUT2D eigenvalue weighted by Gasteiger charge is 2.15. The maximum absolute atomic E-state index is 13.1. The number of carbonyl (C=O) groups is 1. The molecule has 0 saturated heterocycles. The van der Waals surface area contributed by atoms with E-state index in [-0.39, 0.29) is 24.0 Å². The SMILES string of the molecule is CC(CC(=O)O)Cc1nnc(-c2ccc(F)c(Br)c2)o1. The molecular weight excluding hydrogens is 331 g/mol. The predicted octanol–water partition coefficient (Wildman–Crippen LogP) is 3.29. The van der Waals surface area contributed by atoms with Gasteiger partial charge in [-0.3, -0.25) is 4.79 Å². The molecule has 0 aliphatic rings. The van der Waals surface area contributed by atoms with E-state index in [9.17, 15) is 9.18 Å². The second-order valence-corrected chi connectivity index (χ2v) is 5.39. The van der Waals surface area contributed by atoms with E-state index in [0.29, 0.717) is 22.3 Å². The molecule has 0 fully saturated rings. The molecule has 0 bridgehead atoms. The van der Waals surface area contributed by atoms with Crippen molar-refractivity contribution in [2.75, 3.05) is 0 Å². The first kappa shape index (κ1) is 14.6. The second kappa shape index (κ2) is 6.13. The number of benzene rings is 1. The van der Waals surface area contributed by atoms with Crippen molar-refractivity contribution in [3.63, 3.8) is 0 Å². The van der Waals surface area contributed by atoms with E-state index in [1.54, 1.807) is 13.0 Å². The summed E-state index contributed by atoms with van der Waals surface area (Å²) in [5.74, 6) is -0.679. The largest absolute Gasteiger partial charge is 0.481 e. The molecule has 0 aliphatic heterocycles. The van der Waals surface area contributed by atoms with E-state index in [1.165, 1.54) is 12.1 Å². The number of nitrogens with zero attached hydrogens (tertiary/aromatic N) is 2. The first-order chi connectivity index (χ1) is 9.45. The summed E-state index contributed by atoms with van der Waals surface area (Å²) in [4.78, 5) is 10.6. The lowest BCUT2D eigenvalue weighted by atomic mass is 10.0. The van der Waals surface area contributed by atoms with Crippen LogP contribution >= 0.6 is 15.9 Å². The fourth-order valence-electron chi connectivity index (χ4n) is 1.75. The Bertz CT molecular complexity index is 630. The molecule has 5 nitrogen and oxygen atoms in total. The van der Waals surface area contributed by atoms with Crippen LogP contribution in [0, 0.1) is 11.7 Å². The lowest BCUT2D eigenvalue weighted by molar-refractivity contribution is -0.137. The Morgan fingerprint density at radius 2 is 2.25 bits per heavy atom. The molecule has 2 aromatic rings. The molecule has 1 aromatic heterocycles. The van der Waals surface area contributed by atoms with Crippen LogP contribution in [0.5, 0.6) is 0 Å². The molecule has 0 aliphatic carbocycles. The normalized spacial score (nSPS) is 12.3. The van der Waals surface area contributed by atoms with Gasteiger partial charge >= 0.3 is 5.97 Å². The number of hydrogen-bond donors (Lipinski definition) is 1. The molecule has 1 aromatic carbocycles. The van der Waals surface area contributed by atoms with Crippen molar-refractivity contribution in [3.05, 3.63) is 34.4 Å². The Labute approximate surface area is 123 Å². The van der Waals surface area contributed by atoms with E-state index in [1.807, 2.05) is 0 Å². The molecule has 0 radical (unpaired) electrons. The maximum atomic E-state index is 13.1. The average Bonchev–Trinajstić information content (AvgIpc) is 2.80. The topological polar surface area (TPSA) is 76.2 Å². The van der Waals surface area contributed by atoms with E-state index < -0.39 is 5.97 Å². The van der Waals surface area contributed by atoms with E-state index in [0.717, 1.165) is 0 Å². The van der Waals surface area contributed by atoms with Crippen molar-refractivity contribution in [1.29, 1.82) is 0 Å². The van der Waals surface area contributed by atoms with Gasteiger partial charge in [-0.2, -0.15) is 0 Å². The van der Waals surface area contributed by atoms with Crippen LogP contribution in [0.25, 0.3) is 11.5 Å². The standard InChI is InChI=1S/C13H12BrFN2O3/c1-7(5-12(18)19)4-11-16-17-13(20-11)8-2-3-10(15)9(14)6-8/h2-3,6-7H,4-5H2,1H3,(H,18,19). The number of aromatic nitrogens is 2. The van der Waals surface area contributed by atoms with Gasteiger partial charge in [0.25, 0.3) is 0 Å². The predicted molar refractivity (Wildman–Crippen MR) is 72.5 cm³/mol. The summed E-state index contributed by atoms with van der Waals surface area (Å²) >= 11 is 3.09. The molecule has 0 amide bonds. The van der Waals surface area contributed by atoms with Crippen LogP contribution < -0.4 is 0 Å². The summed E-state index contributed by atoms with van der Waals surface area (Å²) in [5, 5.41) is 16.4. The Morgan fingerprint density at radius 3 is 2.90 bits per heavy atom. The quantitative estimate of drug-likeness (QED) is 0.902. The summed E-state index contributed by atoms with van der Waals surface area (Å²) in [6.45, 7) is 1.80. The molecular formula is C13H12BrFN2O3. The Hall–Kier alpha value is -1.76. The fourth-order valence-corrected chi connectivity index (χ4v) is 2.13. The lowest BCUT2D eigenvalue weighted by Gasteiger charge is -2.03. The van der Waals surface area contributed by atoms with E-state index >= 15 is 0 Å². The molecule has 1 atom stereocenters. The molecule has 106 valence electrons. The summed E-state index contributed by atoms with van der Waals surface area (Å²) in [6, 6.07) is 4.39. The Balaban J connectivity index is 2.12. The third kappa shape index (κ3) is 3.63. The van der Waals surface area contributed by atoms with Crippen LogP contribution in [-0.4, -0.2) is 21.3 Å². The van der Waals surface area contributed by atoms with Crippen LogP contribution in [0.2, 0.25) is 0 Å². The minimum atomic E-state index is -0.861. The van der Waals surface area contributed by atoms with Crippen LogP contribution in [-0.2, 0) is 11.2 Å². The summed E-state index contributed by atoms with van der Waals surface area (Å²) in [6.07, 6.45) is 0.432. The Kier molecular flexibility index (Phi) is 4.49.